The van der Waals surface area contributed by atoms with Crippen molar-refractivity contribution < 1.29 is 18.7 Å². The molecule has 0 aromatic heterocycles. The van der Waals surface area contributed by atoms with E-state index in [1.165, 1.54) is 0 Å². The molecule has 0 aromatic carbocycles. The van der Waals surface area contributed by atoms with Gasteiger partial charge in [-0.3, -0.25) is 4.79 Å². The van der Waals surface area contributed by atoms with Gasteiger partial charge in [0.25, 0.3) is 0 Å². The van der Waals surface area contributed by atoms with Gasteiger partial charge in [-0.05, 0) is 17.3 Å². The van der Waals surface area contributed by atoms with E-state index >= 15 is 0 Å². The van der Waals surface area contributed by atoms with Gasteiger partial charge in [0.1, 0.15) is 0 Å². The molecule has 2 rings (SSSR count). The third kappa shape index (κ3) is 1.23. The van der Waals surface area contributed by atoms with Gasteiger partial charge in [0, 0.05) is 12.8 Å². The summed E-state index contributed by atoms with van der Waals surface area (Å²) in [5, 5.41) is 8.87. The van der Waals surface area contributed by atoms with Crippen molar-refractivity contribution in [2.24, 2.45) is 23.2 Å². The second kappa shape index (κ2) is 2.47. The molecule has 0 radical (unpaired) electrons. The summed E-state index contributed by atoms with van der Waals surface area (Å²) in [7, 11) is 0. The van der Waals surface area contributed by atoms with Crippen LogP contribution in [0, 0.1) is 23.2 Å². The molecular weight excluding hydrogens is 190 g/mol. The quantitative estimate of drug-likeness (QED) is 0.749. The maximum atomic E-state index is 12.6. The van der Waals surface area contributed by atoms with Crippen molar-refractivity contribution in [1.29, 1.82) is 0 Å². The summed E-state index contributed by atoms with van der Waals surface area (Å²) in [5.74, 6) is -3.91. The average Bonchev–Trinajstić information content (AvgIpc) is 2.48. The van der Waals surface area contributed by atoms with Crippen molar-refractivity contribution in [3.05, 3.63) is 0 Å². The summed E-state index contributed by atoms with van der Waals surface area (Å²) in [6.45, 7) is 3.71. The predicted octanol–water partition coefficient (Wildman–Crippen LogP) is 2.39. The van der Waals surface area contributed by atoms with Gasteiger partial charge in [0.2, 0.25) is 5.92 Å². The summed E-state index contributed by atoms with van der Waals surface area (Å²) in [6.07, 6.45) is -0.240. The lowest BCUT2D eigenvalue weighted by atomic mass is 9.76. The fourth-order valence-corrected chi connectivity index (χ4v) is 2.99. The molecule has 2 nitrogen and oxygen atoms in total. The SMILES string of the molecule is CC1(C)C(C(=O)O)C1C1CC(F)(F)C1. The van der Waals surface area contributed by atoms with E-state index in [9.17, 15) is 13.6 Å². The summed E-state index contributed by atoms with van der Waals surface area (Å²) in [6, 6.07) is 0. The molecule has 2 atom stereocenters. The van der Waals surface area contributed by atoms with E-state index in [0.29, 0.717) is 0 Å². The van der Waals surface area contributed by atoms with E-state index in [1.807, 2.05) is 13.8 Å². The molecule has 1 N–H and O–H groups in total. The number of carboxylic acids is 1. The molecule has 0 saturated heterocycles. The fourth-order valence-electron chi connectivity index (χ4n) is 2.99. The molecule has 2 fully saturated rings. The predicted molar refractivity (Wildman–Crippen MR) is 46.1 cm³/mol. The second-order valence-electron chi connectivity index (χ2n) is 5.19. The Morgan fingerprint density at radius 2 is 1.86 bits per heavy atom. The molecular formula is C10H14F2O2. The van der Waals surface area contributed by atoms with Gasteiger partial charge in [0.15, 0.2) is 0 Å². The van der Waals surface area contributed by atoms with Crippen LogP contribution in [0.3, 0.4) is 0 Å². The Morgan fingerprint density at radius 3 is 2.14 bits per heavy atom. The van der Waals surface area contributed by atoms with Crippen LogP contribution < -0.4 is 0 Å². The van der Waals surface area contributed by atoms with Crippen molar-refractivity contribution in [3.63, 3.8) is 0 Å². The highest BCUT2D eigenvalue weighted by molar-refractivity contribution is 5.75. The smallest absolute Gasteiger partial charge is 0.307 e. The lowest BCUT2D eigenvalue weighted by molar-refractivity contribution is -0.142. The van der Waals surface area contributed by atoms with E-state index in [-0.39, 0.29) is 30.1 Å². The maximum absolute atomic E-state index is 12.6. The number of halogens is 2. The first kappa shape index (κ1) is 9.87. The Labute approximate surface area is 81.3 Å². The number of rotatable bonds is 2. The lowest BCUT2D eigenvalue weighted by Gasteiger charge is -2.36. The van der Waals surface area contributed by atoms with Crippen LogP contribution in [0.15, 0.2) is 0 Å². The molecule has 0 heterocycles. The van der Waals surface area contributed by atoms with Crippen molar-refractivity contribution in [1.82, 2.24) is 0 Å². The molecule has 0 aromatic rings. The molecule has 2 aliphatic rings. The largest absolute Gasteiger partial charge is 0.481 e. The van der Waals surface area contributed by atoms with Crippen molar-refractivity contribution in [2.45, 2.75) is 32.6 Å². The average molecular weight is 204 g/mol. The molecule has 14 heavy (non-hydrogen) atoms. The first-order valence-electron chi connectivity index (χ1n) is 4.86. The van der Waals surface area contributed by atoms with E-state index in [4.69, 9.17) is 5.11 Å². The van der Waals surface area contributed by atoms with Crippen molar-refractivity contribution in [2.75, 3.05) is 0 Å². The Kier molecular flexibility index (Phi) is 1.74. The van der Waals surface area contributed by atoms with E-state index in [2.05, 4.69) is 0 Å². The molecule has 0 bridgehead atoms. The van der Waals surface area contributed by atoms with Gasteiger partial charge < -0.3 is 5.11 Å². The van der Waals surface area contributed by atoms with Crippen LogP contribution in [0.1, 0.15) is 26.7 Å². The number of carboxylic acid groups (broad SMARTS) is 1. The third-order valence-electron chi connectivity index (χ3n) is 3.81. The summed E-state index contributed by atoms with van der Waals surface area (Å²) < 4.78 is 25.2. The Hall–Kier alpha value is -0.670. The Morgan fingerprint density at radius 1 is 1.36 bits per heavy atom. The summed E-state index contributed by atoms with van der Waals surface area (Å²) in [4.78, 5) is 10.8. The minimum Gasteiger partial charge on any atom is -0.481 e. The van der Waals surface area contributed by atoms with Crippen LogP contribution >= 0.6 is 0 Å². The first-order chi connectivity index (χ1) is 6.26. The molecule has 2 unspecified atom stereocenters. The van der Waals surface area contributed by atoms with Gasteiger partial charge >= 0.3 is 5.97 Å². The molecule has 4 heteroatoms. The van der Waals surface area contributed by atoms with Crippen LogP contribution in [-0.2, 0) is 4.79 Å². The minimum absolute atomic E-state index is 0.0420. The maximum Gasteiger partial charge on any atom is 0.307 e. The number of hydrogen-bond acceptors (Lipinski definition) is 1. The van der Waals surface area contributed by atoms with Crippen LogP contribution in [0.4, 0.5) is 8.78 Å². The van der Waals surface area contributed by atoms with Crippen LogP contribution in [-0.4, -0.2) is 17.0 Å². The minimum atomic E-state index is -2.54. The topological polar surface area (TPSA) is 37.3 Å². The molecule has 0 aliphatic heterocycles. The van der Waals surface area contributed by atoms with E-state index < -0.39 is 17.8 Å². The zero-order chi connectivity index (χ0) is 10.7. The highest BCUT2D eigenvalue weighted by Gasteiger charge is 2.68. The highest BCUT2D eigenvalue weighted by Crippen LogP contribution is 2.67. The molecule has 2 saturated carbocycles. The monoisotopic (exact) mass is 204 g/mol. The number of hydrogen-bond donors (Lipinski definition) is 1. The van der Waals surface area contributed by atoms with Gasteiger partial charge in [-0.2, -0.15) is 0 Å². The van der Waals surface area contributed by atoms with E-state index in [1.54, 1.807) is 0 Å². The Balaban J connectivity index is 2.00. The fraction of sp³-hybridized carbons (Fsp3) is 0.900. The summed E-state index contributed by atoms with van der Waals surface area (Å²) in [5.41, 5.74) is -0.285. The van der Waals surface area contributed by atoms with Crippen LogP contribution in [0.5, 0.6) is 0 Å². The zero-order valence-corrected chi connectivity index (χ0v) is 8.26. The number of carbonyl (C=O) groups is 1. The highest BCUT2D eigenvalue weighted by atomic mass is 19.3. The third-order valence-corrected chi connectivity index (χ3v) is 3.81. The normalized spacial score (nSPS) is 38.9. The van der Waals surface area contributed by atoms with Gasteiger partial charge in [-0.15, -0.1) is 0 Å². The number of alkyl halides is 2. The molecule has 2 aliphatic carbocycles. The van der Waals surface area contributed by atoms with Crippen LogP contribution in [0.2, 0.25) is 0 Å². The number of aliphatic carboxylic acids is 1. The Bertz CT molecular complexity index is 278. The molecule has 0 amide bonds. The van der Waals surface area contributed by atoms with Gasteiger partial charge in [0.05, 0.1) is 5.92 Å². The van der Waals surface area contributed by atoms with Crippen molar-refractivity contribution >= 4 is 5.97 Å². The van der Waals surface area contributed by atoms with Gasteiger partial charge in [-0.25, -0.2) is 8.78 Å². The van der Waals surface area contributed by atoms with Crippen molar-refractivity contribution in [3.8, 4) is 0 Å². The molecule has 0 spiro atoms. The first-order valence-corrected chi connectivity index (χ1v) is 4.86. The lowest BCUT2D eigenvalue weighted by Crippen LogP contribution is -2.37. The molecule has 80 valence electrons. The van der Waals surface area contributed by atoms with E-state index in [0.717, 1.165) is 0 Å². The summed E-state index contributed by atoms with van der Waals surface area (Å²) >= 11 is 0. The standard InChI is InChI=1S/C10H14F2O2/c1-9(2)6(7(9)8(13)14)5-3-10(11,12)4-5/h5-7H,3-4H2,1-2H3,(H,13,14). The zero-order valence-electron chi connectivity index (χ0n) is 8.26. The van der Waals surface area contributed by atoms with Crippen LogP contribution in [0.25, 0.3) is 0 Å². The van der Waals surface area contributed by atoms with Gasteiger partial charge in [-0.1, -0.05) is 13.8 Å². The second-order valence-corrected chi connectivity index (χ2v) is 5.19.